The molecule has 82 valence electrons. The summed E-state index contributed by atoms with van der Waals surface area (Å²) in [6, 6.07) is 0.558. The largest absolute Gasteiger partial charge is 0.271 e. The summed E-state index contributed by atoms with van der Waals surface area (Å²) >= 11 is 4.24. The van der Waals surface area contributed by atoms with Crippen molar-refractivity contribution < 1.29 is 0 Å². The van der Waals surface area contributed by atoms with Gasteiger partial charge in [-0.15, -0.1) is 0 Å². The predicted octanol–water partition coefficient (Wildman–Crippen LogP) is 1.85. The van der Waals surface area contributed by atoms with E-state index in [1.165, 1.54) is 18.6 Å². The van der Waals surface area contributed by atoms with Gasteiger partial charge in [0, 0.05) is 27.5 Å². The molecule has 0 amide bonds. The summed E-state index contributed by atoms with van der Waals surface area (Å²) in [6.45, 7) is 4.68. The van der Waals surface area contributed by atoms with Gasteiger partial charge >= 0.3 is 0 Å². The van der Waals surface area contributed by atoms with E-state index in [1.807, 2.05) is 0 Å². The highest BCUT2D eigenvalue weighted by molar-refractivity contribution is 8.07. The molecule has 14 heavy (non-hydrogen) atoms. The fraction of sp³-hybridized carbons (Fsp3) is 1.00. The maximum absolute atomic E-state index is 5.65. The van der Waals surface area contributed by atoms with E-state index in [4.69, 9.17) is 5.84 Å². The van der Waals surface area contributed by atoms with Crippen LogP contribution in [0.15, 0.2) is 0 Å². The van der Waals surface area contributed by atoms with Gasteiger partial charge < -0.3 is 0 Å². The Hall–Kier alpha value is 0.620. The maximum Gasteiger partial charge on any atom is 0.0365 e. The van der Waals surface area contributed by atoms with Gasteiger partial charge in [0.05, 0.1) is 0 Å². The van der Waals surface area contributed by atoms with Crippen molar-refractivity contribution in [3.63, 3.8) is 0 Å². The number of rotatable bonds is 3. The normalized spacial score (nSPS) is 40.9. The van der Waals surface area contributed by atoms with Crippen molar-refractivity contribution >= 4 is 23.5 Å². The molecule has 0 spiro atoms. The Labute approximate surface area is 95.1 Å². The van der Waals surface area contributed by atoms with Crippen LogP contribution < -0.4 is 11.3 Å². The number of thioether (sulfide) groups is 2. The van der Waals surface area contributed by atoms with Crippen molar-refractivity contribution in [1.29, 1.82) is 0 Å². The minimum atomic E-state index is 0.558. The minimum absolute atomic E-state index is 0.558. The fourth-order valence-corrected chi connectivity index (χ4v) is 5.19. The highest BCUT2D eigenvalue weighted by Crippen LogP contribution is 2.43. The molecule has 1 saturated carbocycles. The number of nitrogens with one attached hydrogen (secondary N) is 1. The summed E-state index contributed by atoms with van der Waals surface area (Å²) in [5.41, 5.74) is 3.03. The van der Waals surface area contributed by atoms with Crippen LogP contribution in [0.1, 0.15) is 26.7 Å². The lowest BCUT2D eigenvalue weighted by Gasteiger charge is -2.35. The smallest absolute Gasteiger partial charge is 0.0365 e. The average molecular weight is 232 g/mol. The van der Waals surface area contributed by atoms with Crippen LogP contribution in [-0.4, -0.2) is 27.5 Å². The van der Waals surface area contributed by atoms with Crippen molar-refractivity contribution in [2.75, 3.05) is 5.75 Å². The molecule has 4 heteroatoms. The SMILES string of the molecule is CC1SCC(C(NN)C2CC2)SC1C. The lowest BCUT2D eigenvalue weighted by molar-refractivity contribution is 0.472. The summed E-state index contributed by atoms with van der Waals surface area (Å²) in [5, 5.41) is 2.30. The first-order valence-corrected chi connectivity index (χ1v) is 7.44. The first kappa shape index (κ1) is 11.1. The highest BCUT2D eigenvalue weighted by atomic mass is 32.2. The fourth-order valence-electron chi connectivity index (χ4n) is 2.00. The molecular weight excluding hydrogens is 212 g/mol. The third kappa shape index (κ3) is 2.40. The first-order valence-electron chi connectivity index (χ1n) is 5.45. The molecule has 2 aliphatic rings. The van der Waals surface area contributed by atoms with Gasteiger partial charge in [-0.25, -0.2) is 0 Å². The summed E-state index contributed by atoms with van der Waals surface area (Å²) in [4.78, 5) is 0. The van der Waals surface area contributed by atoms with Gasteiger partial charge in [0.15, 0.2) is 0 Å². The third-order valence-corrected chi connectivity index (χ3v) is 6.81. The van der Waals surface area contributed by atoms with E-state index in [2.05, 4.69) is 42.8 Å². The van der Waals surface area contributed by atoms with Crippen LogP contribution in [0.2, 0.25) is 0 Å². The Kier molecular flexibility index (Phi) is 3.68. The van der Waals surface area contributed by atoms with Gasteiger partial charge in [-0.05, 0) is 18.8 Å². The first-order chi connectivity index (χ1) is 6.72. The zero-order valence-electron chi connectivity index (χ0n) is 8.90. The molecule has 2 nitrogen and oxygen atoms in total. The predicted molar refractivity (Wildman–Crippen MR) is 66.6 cm³/mol. The molecule has 0 aromatic carbocycles. The molecule has 0 aromatic heterocycles. The van der Waals surface area contributed by atoms with Crippen LogP contribution in [-0.2, 0) is 0 Å². The molecule has 1 heterocycles. The summed E-state index contributed by atoms with van der Waals surface area (Å²) in [6.07, 6.45) is 2.75. The second kappa shape index (κ2) is 4.64. The molecule has 4 atom stereocenters. The van der Waals surface area contributed by atoms with Crippen LogP contribution >= 0.6 is 23.5 Å². The van der Waals surface area contributed by atoms with Crippen molar-refractivity contribution in [2.24, 2.45) is 11.8 Å². The van der Waals surface area contributed by atoms with Crippen LogP contribution in [0.4, 0.5) is 0 Å². The third-order valence-electron chi connectivity index (χ3n) is 3.30. The van der Waals surface area contributed by atoms with Crippen molar-refractivity contribution in [3.8, 4) is 0 Å². The van der Waals surface area contributed by atoms with Gasteiger partial charge in [0.1, 0.15) is 0 Å². The molecule has 2 fully saturated rings. The second-order valence-electron chi connectivity index (χ2n) is 4.45. The summed E-state index contributed by atoms with van der Waals surface area (Å²) < 4.78 is 0. The zero-order valence-corrected chi connectivity index (χ0v) is 10.5. The number of nitrogens with two attached hydrogens (primary N) is 1. The number of hydrogen-bond donors (Lipinski definition) is 2. The standard InChI is InChI=1S/C10H20N2S2/c1-6-7(2)14-9(5-13-6)10(12-11)8-3-4-8/h6-10,12H,3-5,11H2,1-2H3. The average Bonchev–Trinajstić information content (AvgIpc) is 2.96. The van der Waals surface area contributed by atoms with Gasteiger partial charge in [0.25, 0.3) is 0 Å². The quantitative estimate of drug-likeness (QED) is 0.575. The Balaban J connectivity index is 1.90. The Bertz CT molecular complexity index is 197. The molecule has 4 unspecified atom stereocenters. The lowest BCUT2D eigenvalue weighted by atomic mass is 10.1. The van der Waals surface area contributed by atoms with E-state index in [0.717, 1.165) is 21.7 Å². The second-order valence-corrected chi connectivity index (χ2v) is 7.48. The molecule has 1 aliphatic carbocycles. The molecular formula is C10H20N2S2. The molecule has 1 aliphatic heterocycles. The number of hydrogen-bond acceptors (Lipinski definition) is 4. The van der Waals surface area contributed by atoms with Crippen LogP contribution in [0.3, 0.4) is 0 Å². The maximum atomic E-state index is 5.65. The summed E-state index contributed by atoms with van der Waals surface area (Å²) in [5.74, 6) is 7.78. The van der Waals surface area contributed by atoms with Crippen LogP contribution in [0.5, 0.6) is 0 Å². The Morgan fingerprint density at radius 1 is 1.29 bits per heavy atom. The van der Waals surface area contributed by atoms with E-state index in [9.17, 15) is 0 Å². The lowest BCUT2D eigenvalue weighted by Crippen LogP contribution is -2.47. The van der Waals surface area contributed by atoms with Gasteiger partial charge in [-0.3, -0.25) is 11.3 Å². The van der Waals surface area contributed by atoms with Crippen LogP contribution in [0, 0.1) is 5.92 Å². The van der Waals surface area contributed by atoms with E-state index < -0.39 is 0 Å². The summed E-state index contributed by atoms with van der Waals surface area (Å²) in [7, 11) is 0. The number of hydrazine groups is 1. The van der Waals surface area contributed by atoms with Gasteiger partial charge in [0.2, 0.25) is 0 Å². The van der Waals surface area contributed by atoms with Gasteiger partial charge in [-0.2, -0.15) is 23.5 Å². The molecule has 3 N–H and O–H groups in total. The van der Waals surface area contributed by atoms with Crippen molar-refractivity contribution in [1.82, 2.24) is 5.43 Å². The molecule has 0 aromatic rings. The van der Waals surface area contributed by atoms with Gasteiger partial charge in [-0.1, -0.05) is 13.8 Å². The van der Waals surface area contributed by atoms with Crippen molar-refractivity contribution in [3.05, 3.63) is 0 Å². The van der Waals surface area contributed by atoms with E-state index >= 15 is 0 Å². The van der Waals surface area contributed by atoms with Crippen LogP contribution in [0.25, 0.3) is 0 Å². The van der Waals surface area contributed by atoms with E-state index in [-0.39, 0.29) is 0 Å². The molecule has 0 bridgehead atoms. The highest BCUT2D eigenvalue weighted by Gasteiger charge is 2.39. The molecule has 0 radical (unpaired) electrons. The minimum Gasteiger partial charge on any atom is -0.271 e. The molecule has 1 saturated heterocycles. The van der Waals surface area contributed by atoms with E-state index in [1.54, 1.807) is 0 Å². The Morgan fingerprint density at radius 2 is 2.00 bits per heavy atom. The Morgan fingerprint density at radius 3 is 2.50 bits per heavy atom. The van der Waals surface area contributed by atoms with E-state index in [0.29, 0.717) is 6.04 Å². The zero-order chi connectivity index (χ0) is 10.1. The van der Waals surface area contributed by atoms with Crippen molar-refractivity contribution in [2.45, 2.75) is 48.5 Å². The monoisotopic (exact) mass is 232 g/mol. The topological polar surface area (TPSA) is 38.0 Å². The molecule has 2 rings (SSSR count).